The molecule has 0 radical (unpaired) electrons. The van der Waals surface area contributed by atoms with Crippen LogP contribution in [-0.2, 0) is 119 Å². The van der Waals surface area contributed by atoms with Crippen molar-refractivity contribution in [1.29, 1.82) is 0 Å². The maximum atomic E-state index is 14.1. The Bertz CT molecular complexity index is 2530. The van der Waals surface area contributed by atoms with Gasteiger partial charge in [-0.15, -0.1) is 0 Å². The number of carbonyl (C=O) groups excluding carboxylic acids is 8. The lowest BCUT2D eigenvalue weighted by molar-refractivity contribution is -0.287. The Morgan fingerprint density at radius 2 is 0.722 bits per heavy atom. The van der Waals surface area contributed by atoms with E-state index in [-0.39, 0.29) is 203 Å². The molecular formula is C66H117N7O35. The van der Waals surface area contributed by atoms with Crippen LogP contribution >= 0.6 is 0 Å². The first-order valence-corrected chi connectivity index (χ1v) is 36.1. The first-order valence-electron chi connectivity index (χ1n) is 36.1. The number of carboxylic acid groups (broad SMARTS) is 1. The molecule has 42 heteroatoms. The van der Waals surface area contributed by atoms with Crippen LogP contribution in [-0.4, -0.2) is 394 Å². The third kappa shape index (κ3) is 41.1. The van der Waals surface area contributed by atoms with Gasteiger partial charge in [-0.05, 0) is 45.4 Å². The highest BCUT2D eigenvalue weighted by atomic mass is 16.7. The maximum absolute atomic E-state index is 14.1. The van der Waals surface area contributed by atoms with Gasteiger partial charge >= 0.3 is 5.97 Å². The summed E-state index contributed by atoms with van der Waals surface area (Å²) in [5.41, 5.74) is 0. The number of aliphatic hydroxyl groups excluding tert-OH is 9. The van der Waals surface area contributed by atoms with E-state index >= 15 is 0 Å². The maximum Gasteiger partial charge on any atom is 0.305 e. The lowest BCUT2D eigenvalue weighted by atomic mass is 9.87. The topological polar surface area (TPSA) is 588 Å². The summed E-state index contributed by atoms with van der Waals surface area (Å²) in [4.78, 5) is 112. The Morgan fingerprint density at radius 1 is 0.370 bits per heavy atom. The predicted octanol–water partition coefficient (Wildman–Crippen LogP) is -8.74. The van der Waals surface area contributed by atoms with Crippen LogP contribution in [0.3, 0.4) is 0 Å². The van der Waals surface area contributed by atoms with E-state index in [2.05, 4.69) is 37.2 Å². The highest BCUT2D eigenvalue weighted by Gasteiger charge is 2.48. The molecule has 3 fully saturated rings. The van der Waals surface area contributed by atoms with Crippen molar-refractivity contribution in [3.05, 3.63) is 0 Å². The number of hydrogen-bond donors (Lipinski definition) is 17. The molecule has 17 atom stereocenters. The van der Waals surface area contributed by atoms with E-state index in [1.54, 1.807) is 0 Å². The van der Waals surface area contributed by atoms with Gasteiger partial charge in [0.05, 0.1) is 164 Å². The second-order valence-corrected chi connectivity index (χ2v) is 25.0. The number of carbonyl (C=O) groups is 9. The molecule has 3 rings (SSSR count). The van der Waals surface area contributed by atoms with Gasteiger partial charge in [-0.25, -0.2) is 0 Å². The molecule has 3 aliphatic heterocycles. The number of rotatable bonds is 63. The third-order valence-electron chi connectivity index (χ3n) is 16.3. The lowest BCUT2D eigenvalue weighted by Crippen LogP contribution is -2.64. The van der Waals surface area contributed by atoms with Crippen molar-refractivity contribution in [1.82, 2.24) is 37.2 Å². The van der Waals surface area contributed by atoms with Crippen LogP contribution < -0.4 is 37.2 Å². The van der Waals surface area contributed by atoms with E-state index in [1.165, 1.54) is 20.8 Å². The largest absolute Gasteiger partial charge is 0.481 e. The number of aliphatic hydroxyl groups is 9. The Hall–Kier alpha value is -5.57. The zero-order valence-corrected chi connectivity index (χ0v) is 61.7. The van der Waals surface area contributed by atoms with Gasteiger partial charge in [0.25, 0.3) is 0 Å². The molecule has 108 heavy (non-hydrogen) atoms. The fourth-order valence-corrected chi connectivity index (χ4v) is 10.7. The number of aliphatic carboxylic acids is 1. The average Bonchev–Trinajstić information content (AvgIpc) is 0.822. The van der Waals surface area contributed by atoms with Gasteiger partial charge in [0.1, 0.15) is 98.6 Å². The molecule has 3 aliphatic rings. The number of Topliss-reactive ketones (excluding diaryl/α,β-unsaturated/α-hetero) is 1. The van der Waals surface area contributed by atoms with Gasteiger partial charge in [0, 0.05) is 45.8 Å². The minimum atomic E-state index is -1.48. The number of hydrogen-bond acceptors (Lipinski definition) is 34. The monoisotopic (exact) mass is 1570 g/mol. The lowest BCUT2D eigenvalue weighted by Gasteiger charge is -2.42. The first kappa shape index (κ1) is 96.6. The van der Waals surface area contributed by atoms with Crippen LogP contribution in [0.4, 0.5) is 0 Å². The number of nitrogens with one attached hydrogen (secondary N) is 7. The van der Waals surface area contributed by atoms with Gasteiger partial charge in [0.15, 0.2) is 18.9 Å². The number of ketones is 1. The third-order valence-corrected chi connectivity index (χ3v) is 16.3. The molecule has 3 heterocycles. The van der Waals surface area contributed by atoms with E-state index in [0.29, 0.717) is 19.3 Å². The number of ether oxygens (including phenoxy) is 16. The van der Waals surface area contributed by atoms with E-state index in [1.807, 2.05) is 0 Å². The molecule has 7 amide bonds. The normalized spacial score (nSPS) is 24.8. The molecule has 0 unspecified atom stereocenters. The van der Waals surface area contributed by atoms with E-state index < -0.39 is 178 Å². The molecule has 626 valence electrons. The van der Waals surface area contributed by atoms with Gasteiger partial charge < -0.3 is 169 Å². The summed E-state index contributed by atoms with van der Waals surface area (Å²) in [5, 5.41) is 118. The molecule has 42 nitrogen and oxygen atoms in total. The number of amides is 7. The summed E-state index contributed by atoms with van der Waals surface area (Å²) < 4.78 is 88.1. The number of unbranched alkanes of at least 4 members (excludes halogenated alkanes) is 2. The van der Waals surface area contributed by atoms with Crippen LogP contribution in [0, 0.1) is 5.92 Å². The van der Waals surface area contributed by atoms with Crippen molar-refractivity contribution < 1.29 is 170 Å². The summed E-state index contributed by atoms with van der Waals surface area (Å²) in [6.45, 7) is 2.34. The van der Waals surface area contributed by atoms with Crippen molar-refractivity contribution in [3.63, 3.8) is 0 Å². The standard InChI is InChI=1S/C66H117N7O35/c1-41(77)34-44-56(85)57(86)47(35-74)106-64(44)103-31-28-97-19-16-94-22-25-101-39-51(81)68-12-7-5-9-46(72-52(82)40-102-27-24-96-18-21-99-30-33-105-66-55(71-43(3)79)61(90)59(88)49(37-76)108-66)63(92)73-45(62(91)69-13-15-93-14-10-53(83)84)8-4-6-11-67-50(80)38-100-26-23-95-17-20-98-29-32-104-65-54(70-42(2)78)60(89)58(87)48(36-75)107-65/h44-49,54-61,64-66,74-76,85-90H,4-40H2,1-3H3,(H,67,80)(H,68,81)(H,69,91)(H,70,78)(H,71,79)(H,72,82)(H,73,92)(H,83,84)/t44-,45+,46+,47-,48-,49-,54-,55-,56-,57+,58+,59+,60-,61-,64-,65-,66-/m1/s1. The molecule has 0 bridgehead atoms. The average molecular weight is 1570 g/mol. The van der Waals surface area contributed by atoms with Crippen LogP contribution in [0.5, 0.6) is 0 Å². The second-order valence-electron chi connectivity index (χ2n) is 25.0. The van der Waals surface area contributed by atoms with Crippen molar-refractivity contribution >= 4 is 53.1 Å². The fraction of sp³-hybridized carbons (Fsp3) is 0.864. The van der Waals surface area contributed by atoms with Gasteiger partial charge in [-0.1, -0.05) is 0 Å². The van der Waals surface area contributed by atoms with Gasteiger partial charge in [-0.3, -0.25) is 38.4 Å². The Morgan fingerprint density at radius 3 is 1.11 bits per heavy atom. The SMILES string of the molecule is CC(=O)C[C@H]1[C@H](OCCOCCOCCOCC(=O)NCCCC[C@H](NC(=O)COCCOCCOCCO[C@@H]2O[C@H](CO)[C@H](O)[C@H](O)[C@H]2NC(C)=O)C(=O)N[C@@H](CCCCNC(=O)COCCOCCOCCO[C@@H]2O[C@H](CO)[C@H](O)[C@H](O)[C@H]2NC(C)=O)C(=O)NCCOCCC(=O)O)O[C@H](CO)[C@H](O)[C@@H]1O. The molecule has 0 aromatic carbocycles. The Kier molecular flexibility index (Phi) is 52.2. The number of carboxylic acids is 1. The van der Waals surface area contributed by atoms with Crippen molar-refractivity contribution in [2.45, 2.75) is 170 Å². The zero-order valence-electron chi connectivity index (χ0n) is 61.7. The van der Waals surface area contributed by atoms with Crippen LogP contribution in [0.25, 0.3) is 0 Å². The van der Waals surface area contributed by atoms with Crippen molar-refractivity contribution in [2.24, 2.45) is 5.92 Å². The summed E-state index contributed by atoms with van der Waals surface area (Å²) in [6, 6.07) is -4.60. The minimum Gasteiger partial charge on any atom is -0.481 e. The van der Waals surface area contributed by atoms with Crippen LogP contribution in [0.1, 0.15) is 72.1 Å². The summed E-state index contributed by atoms with van der Waals surface area (Å²) in [5.74, 6) is -6.10. The second kappa shape index (κ2) is 58.3. The first-order chi connectivity index (χ1) is 51.9. The highest BCUT2D eigenvalue weighted by molar-refractivity contribution is 5.92. The minimum absolute atomic E-state index is 0.0120. The van der Waals surface area contributed by atoms with Crippen LogP contribution in [0.2, 0.25) is 0 Å². The zero-order chi connectivity index (χ0) is 79.4. The van der Waals surface area contributed by atoms with Gasteiger partial charge in [0.2, 0.25) is 41.4 Å². The molecule has 0 aromatic rings. The van der Waals surface area contributed by atoms with E-state index in [4.69, 9.17) is 80.9 Å². The molecule has 0 spiro atoms. The fourth-order valence-electron chi connectivity index (χ4n) is 10.7. The van der Waals surface area contributed by atoms with Crippen LogP contribution in [0.15, 0.2) is 0 Å². The smallest absolute Gasteiger partial charge is 0.305 e. The molecule has 0 aliphatic carbocycles. The summed E-state index contributed by atoms with van der Waals surface area (Å²) >= 11 is 0. The van der Waals surface area contributed by atoms with E-state index in [9.17, 15) is 89.1 Å². The summed E-state index contributed by atoms with van der Waals surface area (Å²) in [7, 11) is 0. The van der Waals surface area contributed by atoms with Crippen molar-refractivity contribution in [2.75, 3.05) is 191 Å². The molecule has 17 N–H and O–H groups in total. The highest BCUT2D eigenvalue weighted by Crippen LogP contribution is 2.30. The summed E-state index contributed by atoms with van der Waals surface area (Å²) in [6.07, 6.45) is -14.4. The Labute approximate surface area is 626 Å². The molecule has 0 aromatic heterocycles. The molecular weight excluding hydrogens is 1450 g/mol. The van der Waals surface area contributed by atoms with Crippen molar-refractivity contribution in [3.8, 4) is 0 Å². The van der Waals surface area contributed by atoms with Gasteiger partial charge in [-0.2, -0.15) is 0 Å². The molecule has 3 saturated heterocycles. The Balaban J connectivity index is 1.46. The molecule has 0 saturated carbocycles. The quantitative estimate of drug-likeness (QED) is 0.0252. The van der Waals surface area contributed by atoms with E-state index in [0.717, 1.165) is 0 Å². The predicted molar refractivity (Wildman–Crippen MR) is 366 cm³/mol.